The summed E-state index contributed by atoms with van der Waals surface area (Å²) in [6, 6.07) is 10.2. The minimum Gasteiger partial charge on any atom is -0.351 e. The van der Waals surface area contributed by atoms with Crippen LogP contribution in [0, 0.1) is 6.92 Å². The number of nitrogens with one attached hydrogen (secondary N) is 1. The monoisotopic (exact) mass is 436 g/mol. The van der Waals surface area contributed by atoms with Gasteiger partial charge in [0.1, 0.15) is 11.2 Å². The number of nitrogens with zero attached hydrogens (tertiary/aromatic N) is 3. The van der Waals surface area contributed by atoms with Gasteiger partial charge in [-0.15, -0.1) is 0 Å². The molecule has 0 bridgehead atoms. The third-order valence-corrected chi connectivity index (χ3v) is 6.96. The molecule has 172 valence electrons. The van der Waals surface area contributed by atoms with Gasteiger partial charge in [-0.25, -0.2) is 0 Å². The van der Waals surface area contributed by atoms with E-state index in [2.05, 4.69) is 26.1 Å². The summed E-state index contributed by atoms with van der Waals surface area (Å²) in [5, 5.41) is 8.01. The van der Waals surface area contributed by atoms with Crippen LogP contribution in [0.5, 0.6) is 0 Å². The molecule has 2 amide bonds. The zero-order chi connectivity index (χ0) is 23.1. The molecule has 1 aromatic carbocycles. The van der Waals surface area contributed by atoms with Crippen molar-refractivity contribution in [3.05, 3.63) is 52.8 Å². The summed E-state index contributed by atoms with van der Waals surface area (Å²) in [7, 11) is 0. The van der Waals surface area contributed by atoms with Gasteiger partial charge in [-0.1, -0.05) is 69.9 Å². The fraction of sp³-hybridized carbons (Fsp3) is 0.577. The van der Waals surface area contributed by atoms with E-state index >= 15 is 0 Å². The normalized spacial score (nSPS) is 22.0. The fourth-order valence-corrected chi connectivity index (χ4v) is 4.72. The molecule has 0 saturated heterocycles. The predicted octanol–water partition coefficient (Wildman–Crippen LogP) is 4.35. The summed E-state index contributed by atoms with van der Waals surface area (Å²) < 4.78 is 1.75. The zero-order valence-corrected chi connectivity index (χ0v) is 20.1. The molecule has 1 N–H and O–H groups in total. The molecule has 2 aromatic rings. The Balaban J connectivity index is 1.70. The second-order valence-corrected chi connectivity index (χ2v) is 10.8. The van der Waals surface area contributed by atoms with E-state index in [1.54, 1.807) is 9.58 Å². The molecule has 1 unspecified atom stereocenters. The highest BCUT2D eigenvalue weighted by atomic mass is 16.2. The number of hydrogen-bond acceptors (Lipinski definition) is 3. The van der Waals surface area contributed by atoms with Crippen molar-refractivity contribution in [3.8, 4) is 0 Å². The lowest BCUT2D eigenvalue weighted by atomic mass is 9.90. The van der Waals surface area contributed by atoms with Crippen LogP contribution in [0.3, 0.4) is 0 Å². The van der Waals surface area contributed by atoms with E-state index in [1.807, 2.05) is 44.2 Å². The summed E-state index contributed by atoms with van der Waals surface area (Å²) in [5.74, 6) is -0.218. The van der Waals surface area contributed by atoms with Gasteiger partial charge in [-0.05, 0) is 38.3 Å². The molecule has 1 saturated carbocycles. The lowest BCUT2D eigenvalue weighted by molar-refractivity contribution is -0.134. The molecule has 1 fully saturated rings. The van der Waals surface area contributed by atoms with Gasteiger partial charge in [-0.2, -0.15) is 5.10 Å². The minimum atomic E-state index is -1.01. The second-order valence-electron chi connectivity index (χ2n) is 10.8. The number of carbonyl (C=O) groups excluding carboxylic acids is 2. The molecular weight excluding hydrogens is 400 g/mol. The maximum absolute atomic E-state index is 13.7. The number of aromatic nitrogens is 2. The molecule has 0 radical (unpaired) electrons. The van der Waals surface area contributed by atoms with Crippen molar-refractivity contribution in [1.29, 1.82) is 0 Å². The van der Waals surface area contributed by atoms with E-state index in [9.17, 15) is 9.59 Å². The Morgan fingerprint density at radius 2 is 1.81 bits per heavy atom. The minimum absolute atomic E-state index is 0.0803. The van der Waals surface area contributed by atoms with Crippen LogP contribution in [0.4, 0.5) is 0 Å². The molecule has 6 nitrogen and oxygen atoms in total. The summed E-state index contributed by atoms with van der Waals surface area (Å²) in [5.41, 5.74) is 2.44. The Hall–Kier alpha value is -2.63. The second kappa shape index (κ2) is 8.38. The van der Waals surface area contributed by atoms with Gasteiger partial charge < -0.3 is 10.2 Å². The summed E-state index contributed by atoms with van der Waals surface area (Å²) in [4.78, 5) is 29.1. The van der Waals surface area contributed by atoms with Crippen molar-refractivity contribution in [2.24, 2.45) is 0 Å². The number of amides is 2. The smallest absolute Gasteiger partial charge is 0.273 e. The third-order valence-electron chi connectivity index (χ3n) is 6.96. The summed E-state index contributed by atoms with van der Waals surface area (Å²) in [6.07, 6.45) is 5.54. The van der Waals surface area contributed by atoms with E-state index in [1.165, 1.54) is 12.0 Å². The number of hydrogen-bond donors (Lipinski definition) is 1. The van der Waals surface area contributed by atoms with Gasteiger partial charge in [0, 0.05) is 18.0 Å². The van der Waals surface area contributed by atoms with Crippen LogP contribution in [-0.2, 0) is 23.3 Å². The first-order valence-electron chi connectivity index (χ1n) is 11.8. The molecule has 6 heteroatoms. The maximum atomic E-state index is 13.7. The van der Waals surface area contributed by atoms with E-state index in [0.29, 0.717) is 18.8 Å². The lowest BCUT2D eigenvalue weighted by Gasteiger charge is -2.44. The van der Waals surface area contributed by atoms with Gasteiger partial charge in [0.05, 0.1) is 12.2 Å². The third kappa shape index (κ3) is 4.32. The standard InChI is InChI=1S/C26H36N4O2/c1-18-11-13-19(14-12-18)16-29-23(31)21-15-22(25(2,3)4)28-30(21)17-26(29,5)24(32)27-20-9-7-6-8-10-20/h11-15,20H,6-10,16-17H2,1-5H3,(H,27,32). The van der Waals surface area contributed by atoms with Crippen molar-refractivity contribution in [2.45, 2.75) is 96.8 Å². The van der Waals surface area contributed by atoms with Crippen LogP contribution in [0.15, 0.2) is 30.3 Å². The molecule has 2 aliphatic rings. The van der Waals surface area contributed by atoms with E-state index in [0.717, 1.165) is 36.9 Å². The highest BCUT2D eigenvalue weighted by molar-refractivity contribution is 5.99. The largest absolute Gasteiger partial charge is 0.351 e. The van der Waals surface area contributed by atoms with Gasteiger partial charge in [0.25, 0.3) is 5.91 Å². The van der Waals surface area contributed by atoms with Crippen LogP contribution >= 0.6 is 0 Å². The van der Waals surface area contributed by atoms with Crippen LogP contribution < -0.4 is 5.32 Å². The molecule has 4 rings (SSSR count). The van der Waals surface area contributed by atoms with Gasteiger partial charge in [0.15, 0.2) is 0 Å². The van der Waals surface area contributed by atoms with Crippen molar-refractivity contribution in [3.63, 3.8) is 0 Å². The number of carbonyl (C=O) groups is 2. The van der Waals surface area contributed by atoms with Crippen LogP contribution in [0.2, 0.25) is 0 Å². The first kappa shape index (κ1) is 22.6. The predicted molar refractivity (Wildman–Crippen MR) is 125 cm³/mol. The van der Waals surface area contributed by atoms with Gasteiger partial charge in [0.2, 0.25) is 5.91 Å². The van der Waals surface area contributed by atoms with E-state index < -0.39 is 5.54 Å². The van der Waals surface area contributed by atoms with Crippen molar-refractivity contribution >= 4 is 11.8 Å². The quantitative estimate of drug-likeness (QED) is 0.775. The average molecular weight is 437 g/mol. The van der Waals surface area contributed by atoms with E-state index in [-0.39, 0.29) is 23.3 Å². The molecule has 32 heavy (non-hydrogen) atoms. The Labute approximate surface area is 191 Å². The first-order valence-corrected chi connectivity index (χ1v) is 11.8. The number of rotatable bonds is 4. The Bertz CT molecular complexity index is 996. The molecule has 1 aliphatic carbocycles. The van der Waals surface area contributed by atoms with Gasteiger partial charge >= 0.3 is 0 Å². The summed E-state index contributed by atoms with van der Waals surface area (Å²) in [6.45, 7) is 10.9. The Morgan fingerprint density at radius 3 is 2.44 bits per heavy atom. The van der Waals surface area contributed by atoms with Crippen molar-refractivity contribution < 1.29 is 9.59 Å². The highest BCUT2D eigenvalue weighted by Gasteiger charge is 2.48. The van der Waals surface area contributed by atoms with Crippen LogP contribution in [0.1, 0.15) is 87.1 Å². The highest BCUT2D eigenvalue weighted by Crippen LogP contribution is 2.32. The number of fused-ring (bicyclic) bond motifs is 1. The molecule has 1 atom stereocenters. The summed E-state index contributed by atoms with van der Waals surface area (Å²) >= 11 is 0. The fourth-order valence-electron chi connectivity index (χ4n) is 4.72. The average Bonchev–Trinajstić information content (AvgIpc) is 3.18. The Morgan fingerprint density at radius 1 is 1.16 bits per heavy atom. The molecular formula is C26H36N4O2. The SMILES string of the molecule is Cc1ccc(CN2C(=O)c3cc(C(C)(C)C)nn3CC2(C)C(=O)NC2CCCCC2)cc1. The van der Waals surface area contributed by atoms with Crippen molar-refractivity contribution in [2.75, 3.05) is 0 Å². The maximum Gasteiger partial charge on any atom is 0.273 e. The molecule has 1 aromatic heterocycles. The lowest BCUT2D eigenvalue weighted by Crippen LogP contribution is -2.64. The topological polar surface area (TPSA) is 67.2 Å². The molecule has 2 heterocycles. The first-order chi connectivity index (χ1) is 15.1. The number of benzene rings is 1. The molecule has 0 spiro atoms. The van der Waals surface area contributed by atoms with Crippen LogP contribution in [-0.4, -0.2) is 38.1 Å². The zero-order valence-electron chi connectivity index (χ0n) is 20.1. The van der Waals surface area contributed by atoms with Gasteiger partial charge in [-0.3, -0.25) is 14.3 Å². The van der Waals surface area contributed by atoms with Crippen LogP contribution in [0.25, 0.3) is 0 Å². The Kier molecular flexibility index (Phi) is 5.91. The molecule has 1 aliphatic heterocycles. The number of aryl methyl sites for hydroxylation is 1. The van der Waals surface area contributed by atoms with Crippen molar-refractivity contribution in [1.82, 2.24) is 20.0 Å². The van der Waals surface area contributed by atoms with E-state index in [4.69, 9.17) is 5.10 Å².